The number of rotatable bonds is 45. The number of amides is 1. The van der Waals surface area contributed by atoms with Crippen LogP contribution in [0.1, 0.15) is 251 Å². The summed E-state index contributed by atoms with van der Waals surface area (Å²) in [5.74, 6) is -0.185. The van der Waals surface area contributed by atoms with Crippen molar-refractivity contribution in [1.82, 2.24) is 5.32 Å². The van der Waals surface area contributed by atoms with Gasteiger partial charge in [0.2, 0.25) is 5.91 Å². The summed E-state index contributed by atoms with van der Waals surface area (Å²) in [5, 5.41) is 54.1. The van der Waals surface area contributed by atoms with Crippen molar-refractivity contribution in [3.63, 3.8) is 0 Å². The van der Waals surface area contributed by atoms with Crippen LogP contribution in [0.4, 0.5) is 0 Å². The molecule has 6 N–H and O–H groups in total. The van der Waals surface area contributed by atoms with Crippen LogP contribution >= 0.6 is 0 Å². The first-order valence-electron chi connectivity index (χ1n) is 26.6. The maximum Gasteiger partial charge on any atom is 0.220 e. The van der Waals surface area contributed by atoms with Crippen molar-refractivity contribution >= 4 is 5.91 Å². The molecule has 0 aliphatic carbocycles. The molecular formula is C53H101NO8. The molecule has 1 amide bonds. The van der Waals surface area contributed by atoms with Crippen LogP contribution in [-0.2, 0) is 14.3 Å². The zero-order valence-electron chi connectivity index (χ0n) is 40.4. The summed E-state index contributed by atoms with van der Waals surface area (Å²) in [6.07, 6.45) is 47.1. The molecule has 9 nitrogen and oxygen atoms in total. The van der Waals surface area contributed by atoms with Gasteiger partial charge in [-0.25, -0.2) is 0 Å². The highest BCUT2D eigenvalue weighted by atomic mass is 16.7. The number of nitrogens with one attached hydrogen (secondary N) is 1. The largest absolute Gasteiger partial charge is 0.394 e. The maximum atomic E-state index is 12.9. The quantitative estimate of drug-likeness (QED) is 0.0262. The number of hydrogen-bond donors (Lipinski definition) is 6. The summed E-state index contributed by atoms with van der Waals surface area (Å²) in [4.78, 5) is 12.9. The number of carbonyl (C=O) groups excluding carboxylic acids is 1. The fourth-order valence-electron chi connectivity index (χ4n) is 8.53. The molecule has 1 aliphatic rings. The van der Waals surface area contributed by atoms with Gasteiger partial charge in [0.25, 0.3) is 0 Å². The Kier molecular flexibility index (Phi) is 41.2. The molecule has 1 rings (SSSR count). The van der Waals surface area contributed by atoms with Gasteiger partial charge in [-0.15, -0.1) is 0 Å². The molecule has 0 bridgehead atoms. The molecule has 0 saturated carbocycles. The Balaban J connectivity index is 2.09. The first-order valence-corrected chi connectivity index (χ1v) is 26.6. The van der Waals surface area contributed by atoms with Crippen LogP contribution in [0.3, 0.4) is 0 Å². The van der Waals surface area contributed by atoms with E-state index in [1.807, 2.05) is 6.08 Å². The minimum Gasteiger partial charge on any atom is -0.394 e. The van der Waals surface area contributed by atoms with Crippen molar-refractivity contribution in [3.05, 3.63) is 24.3 Å². The lowest BCUT2D eigenvalue weighted by molar-refractivity contribution is -0.302. The molecule has 0 spiro atoms. The van der Waals surface area contributed by atoms with E-state index in [0.29, 0.717) is 6.42 Å². The average Bonchev–Trinajstić information content (AvgIpc) is 3.27. The van der Waals surface area contributed by atoms with Crippen molar-refractivity contribution in [2.45, 2.75) is 294 Å². The van der Waals surface area contributed by atoms with Gasteiger partial charge in [-0.05, 0) is 32.1 Å². The summed E-state index contributed by atoms with van der Waals surface area (Å²) in [6.45, 7) is 3.72. The van der Waals surface area contributed by atoms with Gasteiger partial charge in [0.15, 0.2) is 6.29 Å². The van der Waals surface area contributed by atoms with Crippen LogP contribution in [-0.4, -0.2) is 87.5 Å². The molecule has 1 saturated heterocycles. The fourth-order valence-corrected chi connectivity index (χ4v) is 8.53. The van der Waals surface area contributed by atoms with Crippen molar-refractivity contribution in [2.75, 3.05) is 13.2 Å². The standard InChI is InChI=1S/C53H101NO8/c1-3-5-7-9-11-13-14-15-16-17-18-19-20-21-22-23-24-25-26-27-28-29-30-31-32-33-35-37-39-41-43-49(57)54-46(47(56)42-40-38-36-34-12-10-8-6-4-2)45-61-53-52(60)51(59)50(58)48(44-55)62-53/h12,34,40,42,46-48,50-53,55-56,58-60H,3-11,13-33,35-39,41,43-45H2,1-2H3,(H,54,57)/b34-12+,42-40+. The van der Waals surface area contributed by atoms with E-state index in [0.717, 1.165) is 38.5 Å². The molecule has 0 aromatic heterocycles. The molecule has 0 aromatic rings. The molecular weight excluding hydrogens is 779 g/mol. The third-order valence-electron chi connectivity index (χ3n) is 12.8. The summed E-state index contributed by atoms with van der Waals surface area (Å²) in [7, 11) is 0. The normalized spacial score (nSPS) is 20.4. The monoisotopic (exact) mass is 880 g/mol. The minimum atomic E-state index is -1.57. The first-order chi connectivity index (χ1) is 30.3. The van der Waals surface area contributed by atoms with Gasteiger partial charge in [0, 0.05) is 6.42 Å². The van der Waals surface area contributed by atoms with E-state index in [-0.39, 0.29) is 12.5 Å². The Labute approximate surface area is 381 Å². The Bertz CT molecular complexity index is 1020. The van der Waals surface area contributed by atoms with E-state index in [1.54, 1.807) is 6.08 Å². The molecule has 7 unspecified atom stereocenters. The van der Waals surface area contributed by atoms with E-state index in [2.05, 4.69) is 31.3 Å². The van der Waals surface area contributed by atoms with Gasteiger partial charge in [0.1, 0.15) is 24.4 Å². The highest BCUT2D eigenvalue weighted by Gasteiger charge is 2.44. The van der Waals surface area contributed by atoms with E-state index in [4.69, 9.17) is 9.47 Å². The number of unbranched alkanes of at least 4 members (excludes halogenated alkanes) is 33. The average molecular weight is 880 g/mol. The van der Waals surface area contributed by atoms with Gasteiger partial charge < -0.3 is 40.3 Å². The number of aliphatic hydroxyl groups excluding tert-OH is 5. The van der Waals surface area contributed by atoms with Gasteiger partial charge in [-0.1, -0.05) is 237 Å². The molecule has 1 heterocycles. The minimum absolute atomic E-state index is 0.185. The Morgan fingerprint density at radius 1 is 0.532 bits per heavy atom. The van der Waals surface area contributed by atoms with Crippen molar-refractivity contribution in [1.29, 1.82) is 0 Å². The first kappa shape index (κ1) is 58.7. The highest BCUT2D eigenvalue weighted by Crippen LogP contribution is 2.23. The second kappa shape index (κ2) is 43.6. The van der Waals surface area contributed by atoms with Gasteiger partial charge >= 0.3 is 0 Å². The lowest BCUT2D eigenvalue weighted by Crippen LogP contribution is -2.60. The van der Waals surface area contributed by atoms with E-state index in [1.165, 1.54) is 193 Å². The van der Waals surface area contributed by atoms with Crippen LogP contribution in [0.2, 0.25) is 0 Å². The van der Waals surface area contributed by atoms with E-state index in [9.17, 15) is 30.3 Å². The number of hydrogen-bond acceptors (Lipinski definition) is 8. The second-order valence-corrected chi connectivity index (χ2v) is 18.7. The van der Waals surface area contributed by atoms with Crippen LogP contribution < -0.4 is 5.32 Å². The predicted octanol–water partition coefficient (Wildman–Crippen LogP) is 12.2. The van der Waals surface area contributed by atoms with Crippen LogP contribution in [0, 0.1) is 0 Å². The lowest BCUT2D eigenvalue weighted by Gasteiger charge is -2.40. The number of ether oxygens (including phenoxy) is 2. The summed E-state index contributed by atoms with van der Waals surface area (Å²) in [5.41, 5.74) is 0. The van der Waals surface area contributed by atoms with Crippen molar-refractivity contribution in [3.8, 4) is 0 Å². The van der Waals surface area contributed by atoms with Crippen molar-refractivity contribution < 1.29 is 39.8 Å². The van der Waals surface area contributed by atoms with E-state index < -0.39 is 49.5 Å². The fraction of sp³-hybridized carbons (Fsp3) is 0.906. The summed E-state index contributed by atoms with van der Waals surface area (Å²) < 4.78 is 11.2. The van der Waals surface area contributed by atoms with Crippen LogP contribution in [0.5, 0.6) is 0 Å². The molecule has 62 heavy (non-hydrogen) atoms. The zero-order chi connectivity index (χ0) is 45.1. The van der Waals surface area contributed by atoms with Crippen LogP contribution in [0.15, 0.2) is 24.3 Å². The second-order valence-electron chi connectivity index (χ2n) is 18.7. The zero-order valence-corrected chi connectivity index (χ0v) is 40.4. The SMILES string of the molecule is CCCCC/C=C/CC/C=C/C(O)C(COC1OC(CO)C(O)C(O)C1O)NC(=O)CCCCCCCCCCCCCCCCCCCCCCCCCCCCCCCC. The molecule has 9 heteroatoms. The Morgan fingerprint density at radius 2 is 0.919 bits per heavy atom. The summed E-state index contributed by atoms with van der Waals surface area (Å²) in [6, 6.07) is -0.816. The number of aliphatic hydroxyl groups is 5. The number of carbonyl (C=O) groups is 1. The summed E-state index contributed by atoms with van der Waals surface area (Å²) >= 11 is 0. The number of allylic oxidation sites excluding steroid dienone is 3. The molecule has 366 valence electrons. The van der Waals surface area contributed by atoms with Crippen molar-refractivity contribution in [2.24, 2.45) is 0 Å². The van der Waals surface area contributed by atoms with Gasteiger partial charge in [0.05, 0.1) is 25.4 Å². The highest BCUT2D eigenvalue weighted by molar-refractivity contribution is 5.76. The molecule has 0 aromatic carbocycles. The van der Waals surface area contributed by atoms with Crippen LogP contribution in [0.25, 0.3) is 0 Å². The van der Waals surface area contributed by atoms with Gasteiger partial charge in [-0.3, -0.25) is 4.79 Å². The topological polar surface area (TPSA) is 149 Å². The van der Waals surface area contributed by atoms with Gasteiger partial charge in [-0.2, -0.15) is 0 Å². The Hall–Kier alpha value is -1.33. The third kappa shape index (κ3) is 33.2. The van der Waals surface area contributed by atoms with E-state index >= 15 is 0 Å². The Morgan fingerprint density at radius 3 is 1.35 bits per heavy atom. The predicted molar refractivity (Wildman–Crippen MR) is 258 cm³/mol. The lowest BCUT2D eigenvalue weighted by atomic mass is 9.99. The molecule has 1 aliphatic heterocycles. The smallest absolute Gasteiger partial charge is 0.220 e. The maximum absolute atomic E-state index is 12.9. The molecule has 7 atom stereocenters. The third-order valence-corrected chi connectivity index (χ3v) is 12.8. The molecule has 1 fully saturated rings. The molecule has 0 radical (unpaired) electrons.